The van der Waals surface area contributed by atoms with Crippen molar-refractivity contribution in [2.24, 2.45) is 4.40 Å². The highest BCUT2D eigenvalue weighted by Gasteiger charge is 2.03. The first-order valence-electron chi connectivity index (χ1n) is 1.73. The molecule has 6 heavy (non-hydrogen) atoms. The van der Waals surface area contributed by atoms with Gasteiger partial charge >= 0.3 is 0 Å². The second-order valence-corrected chi connectivity index (χ2v) is 1.92. The topological polar surface area (TPSA) is 32.6 Å². The molecule has 34 valence electrons. The molecule has 0 aliphatic carbocycles. The Kier molecular flexibility index (Phi) is 1.12. The van der Waals surface area contributed by atoms with Gasteiger partial charge in [-0.05, 0) is 11.9 Å². The van der Waals surface area contributed by atoms with Crippen LogP contribution < -0.4 is 0 Å². The third-order valence-electron chi connectivity index (χ3n) is 0.553. The van der Waals surface area contributed by atoms with E-state index in [2.05, 4.69) is 4.40 Å². The predicted octanol–water partition coefficient (Wildman–Crippen LogP) is 0.0799. The van der Waals surface area contributed by atoms with Crippen molar-refractivity contribution in [3.8, 4) is 0 Å². The number of rotatable bonds is 0. The maximum Gasteiger partial charge on any atom is 0.101 e. The van der Waals surface area contributed by atoms with Gasteiger partial charge in [0.15, 0.2) is 0 Å². The van der Waals surface area contributed by atoms with Gasteiger partial charge in [0.05, 0.1) is 0 Å². The first kappa shape index (κ1) is 4.15. The van der Waals surface area contributed by atoms with Crippen LogP contribution in [-0.4, -0.2) is 23.2 Å². The summed E-state index contributed by atoms with van der Waals surface area (Å²) in [5, 5.41) is 8.56. The van der Waals surface area contributed by atoms with E-state index in [1.54, 1.807) is 6.21 Å². The van der Waals surface area contributed by atoms with Crippen LogP contribution in [0.1, 0.15) is 0 Å². The molecular formula is C3H5NOS. The van der Waals surface area contributed by atoms with Crippen molar-refractivity contribution >= 4 is 18.2 Å². The highest BCUT2D eigenvalue weighted by atomic mass is 32.2. The van der Waals surface area contributed by atoms with Crippen LogP contribution in [0.15, 0.2) is 4.40 Å². The van der Waals surface area contributed by atoms with E-state index in [0.29, 0.717) is 0 Å². The average molecular weight is 103 g/mol. The molecule has 0 aromatic heterocycles. The minimum atomic E-state index is -0.282. The third-order valence-corrected chi connectivity index (χ3v) is 1.31. The molecule has 1 aliphatic rings. The molecule has 1 N–H and O–H groups in total. The third kappa shape index (κ3) is 0.725. The summed E-state index contributed by atoms with van der Waals surface area (Å²) in [6.45, 7) is 0. The van der Waals surface area contributed by atoms with Gasteiger partial charge in [-0.25, -0.2) is 4.40 Å². The van der Waals surface area contributed by atoms with Crippen molar-refractivity contribution in [2.45, 2.75) is 6.10 Å². The van der Waals surface area contributed by atoms with Crippen LogP contribution in [0.4, 0.5) is 0 Å². The maximum atomic E-state index is 8.56. The first-order valence-corrected chi connectivity index (χ1v) is 2.67. The van der Waals surface area contributed by atoms with Gasteiger partial charge in [0.25, 0.3) is 0 Å². The smallest absolute Gasteiger partial charge is 0.101 e. The Morgan fingerprint density at radius 3 is 3.00 bits per heavy atom. The second kappa shape index (κ2) is 1.62. The van der Waals surface area contributed by atoms with E-state index in [4.69, 9.17) is 5.11 Å². The van der Waals surface area contributed by atoms with E-state index in [1.807, 2.05) is 0 Å². The average Bonchev–Trinajstić information content (AvgIpc) is 1.86. The van der Waals surface area contributed by atoms with Crippen molar-refractivity contribution in [2.75, 3.05) is 5.75 Å². The van der Waals surface area contributed by atoms with Crippen LogP contribution >= 0.6 is 11.9 Å². The molecule has 2 nitrogen and oxygen atoms in total. The monoisotopic (exact) mass is 103 g/mol. The summed E-state index contributed by atoms with van der Waals surface area (Å²) in [6, 6.07) is 0. The summed E-state index contributed by atoms with van der Waals surface area (Å²) in [6.07, 6.45) is 1.26. The summed E-state index contributed by atoms with van der Waals surface area (Å²) >= 11 is 1.40. The fourth-order valence-corrected chi connectivity index (χ4v) is 0.827. The fraction of sp³-hybridized carbons (Fsp3) is 0.667. The number of aliphatic hydroxyl groups is 1. The molecule has 0 bridgehead atoms. The zero-order valence-electron chi connectivity index (χ0n) is 3.16. The van der Waals surface area contributed by atoms with Gasteiger partial charge in [0, 0.05) is 12.0 Å². The van der Waals surface area contributed by atoms with Crippen LogP contribution in [0.5, 0.6) is 0 Å². The molecule has 1 heterocycles. The molecule has 1 aliphatic heterocycles. The predicted molar refractivity (Wildman–Crippen MR) is 27.0 cm³/mol. The Morgan fingerprint density at radius 1 is 2.00 bits per heavy atom. The van der Waals surface area contributed by atoms with Gasteiger partial charge in [0.2, 0.25) is 0 Å². The molecule has 0 saturated heterocycles. The van der Waals surface area contributed by atoms with Crippen molar-refractivity contribution in [3.05, 3.63) is 0 Å². The Hall–Kier alpha value is -0.0200. The molecule has 1 rings (SSSR count). The first-order chi connectivity index (χ1) is 2.89. The lowest BCUT2D eigenvalue weighted by atomic mass is 10.5. The molecule has 1 atom stereocenters. The van der Waals surface area contributed by atoms with Crippen molar-refractivity contribution in [1.82, 2.24) is 0 Å². The van der Waals surface area contributed by atoms with Gasteiger partial charge in [-0.2, -0.15) is 0 Å². The lowest BCUT2D eigenvalue weighted by Crippen LogP contribution is -2.04. The molecule has 1 unspecified atom stereocenters. The molecule has 3 heteroatoms. The molecule has 0 saturated carbocycles. The zero-order valence-corrected chi connectivity index (χ0v) is 3.98. The van der Waals surface area contributed by atoms with Gasteiger partial charge in [-0.15, -0.1) is 0 Å². The Bertz CT molecular complexity index is 73.2. The van der Waals surface area contributed by atoms with Gasteiger partial charge in [0.1, 0.15) is 6.10 Å². The quantitative estimate of drug-likeness (QED) is 0.440. The number of nitrogens with zero attached hydrogens (tertiary/aromatic N) is 1. The highest BCUT2D eigenvalue weighted by molar-refractivity contribution is 7.98. The number of hydrogen-bond donors (Lipinski definition) is 1. The van der Waals surface area contributed by atoms with Crippen LogP contribution in [0.25, 0.3) is 0 Å². The van der Waals surface area contributed by atoms with Crippen molar-refractivity contribution < 1.29 is 5.11 Å². The summed E-state index contributed by atoms with van der Waals surface area (Å²) in [7, 11) is 0. The summed E-state index contributed by atoms with van der Waals surface area (Å²) < 4.78 is 3.71. The van der Waals surface area contributed by atoms with Gasteiger partial charge in [-0.1, -0.05) is 0 Å². The Morgan fingerprint density at radius 2 is 2.83 bits per heavy atom. The summed E-state index contributed by atoms with van der Waals surface area (Å²) in [5.74, 6) is 0.736. The Balaban J connectivity index is 2.38. The molecule has 0 aromatic carbocycles. The molecule has 0 fully saturated rings. The van der Waals surface area contributed by atoms with E-state index >= 15 is 0 Å². The molecule has 0 amide bonds. The minimum absolute atomic E-state index is 0.282. The number of hydrogen-bond acceptors (Lipinski definition) is 3. The van der Waals surface area contributed by atoms with Crippen molar-refractivity contribution in [1.29, 1.82) is 0 Å². The van der Waals surface area contributed by atoms with Gasteiger partial charge < -0.3 is 5.11 Å². The number of aliphatic hydroxyl groups excluding tert-OH is 1. The van der Waals surface area contributed by atoms with Crippen LogP contribution in [-0.2, 0) is 0 Å². The minimum Gasteiger partial charge on any atom is -0.386 e. The Labute approximate surface area is 40.4 Å². The van der Waals surface area contributed by atoms with E-state index in [0.717, 1.165) is 5.75 Å². The summed E-state index contributed by atoms with van der Waals surface area (Å²) in [4.78, 5) is 0. The molecule has 0 spiro atoms. The highest BCUT2D eigenvalue weighted by Crippen LogP contribution is 2.08. The summed E-state index contributed by atoms with van der Waals surface area (Å²) in [5.41, 5.74) is 0. The maximum absolute atomic E-state index is 8.56. The van der Waals surface area contributed by atoms with E-state index in [9.17, 15) is 0 Å². The molecule has 0 aromatic rings. The van der Waals surface area contributed by atoms with Crippen LogP contribution in [0.2, 0.25) is 0 Å². The fourth-order valence-electron chi connectivity index (χ4n) is 0.276. The second-order valence-electron chi connectivity index (χ2n) is 1.12. The van der Waals surface area contributed by atoms with Crippen molar-refractivity contribution in [3.63, 3.8) is 0 Å². The molecular weight excluding hydrogens is 98.1 g/mol. The normalized spacial score (nSPS) is 31.8. The van der Waals surface area contributed by atoms with Crippen LogP contribution in [0, 0.1) is 0 Å². The SMILES string of the molecule is OC1C=NSC1. The van der Waals surface area contributed by atoms with E-state index in [-0.39, 0.29) is 6.10 Å². The van der Waals surface area contributed by atoms with Gasteiger partial charge in [-0.3, -0.25) is 0 Å². The zero-order chi connectivity index (χ0) is 4.41. The standard InChI is InChI=1S/C3H5NOS/c5-3-1-4-6-2-3/h1,3,5H,2H2. The largest absolute Gasteiger partial charge is 0.386 e. The lowest BCUT2D eigenvalue weighted by molar-refractivity contribution is 0.274. The van der Waals surface area contributed by atoms with Crippen LogP contribution in [0.3, 0.4) is 0 Å². The van der Waals surface area contributed by atoms with E-state index in [1.165, 1.54) is 11.9 Å². The lowest BCUT2D eigenvalue weighted by Gasteiger charge is -1.85. The van der Waals surface area contributed by atoms with E-state index < -0.39 is 0 Å². The molecule has 0 radical (unpaired) electrons.